The second kappa shape index (κ2) is 17.8. The topological polar surface area (TPSA) is 152 Å². The summed E-state index contributed by atoms with van der Waals surface area (Å²) in [4.78, 5) is 64.9. The molecule has 244 valence electrons. The number of ether oxygens (including phenoxy) is 2. The van der Waals surface area contributed by atoms with E-state index in [2.05, 4.69) is 21.3 Å². The molecule has 0 aromatic heterocycles. The third-order valence-electron chi connectivity index (χ3n) is 7.36. The van der Waals surface area contributed by atoms with Gasteiger partial charge in [-0.1, -0.05) is 88.4 Å². The highest BCUT2D eigenvalue weighted by Crippen LogP contribution is 2.18. The zero-order chi connectivity index (χ0) is 32.8. The number of amides is 4. The van der Waals surface area contributed by atoms with Crippen molar-refractivity contribution in [1.29, 1.82) is 0 Å². The Kier molecular flexibility index (Phi) is 13.9. The summed E-state index contributed by atoms with van der Waals surface area (Å²) in [6, 6.07) is 14.9. The van der Waals surface area contributed by atoms with Crippen molar-refractivity contribution in [3.63, 3.8) is 0 Å². The number of benzene rings is 2. The Bertz CT molecular complexity index is 1170. The molecule has 11 nitrogen and oxygen atoms in total. The van der Waals surface area contributed by atoms with Crippen LogP contribution in [0.4, 0.5) is 9.59 Å². The largest absolute Gasteiger partial charge is 0.445 e. The lowest BCUT2D eigenvalue weighted by Crippen LogP contribution is -2.59. The van der Waals surface area contributed by atoms with Gasteiger partial charge in [-0.2, -0.15) is 0 Å². The van der Waals surface area contributed by atoms with Crippen molar-refractivity contribution in [3.05, 3.63) is 71.8 Å². The molecule has 4 amide bonds. The molecule has 0 spiro atoms. The highest BCUT2D eigenvalue weighted by Gasteiger charge is 2.36. The lowest BCUT2D eigenvalue weighted by molar-refractivity contribution is -0.134. The highest BCUT2D eigenvalue weighted by atomic mass is 16.6. The number of hydrogen-bond acceptors (Lipinski definition) is 7. The van der Waals surface area contributed by atoms with E-state index >= 15 is 0 Å². The summed E-state index contributed by atoms with van der Waals surface area (Å²) in [6.07, 6.45) is 0.625. The number of ketones is 1. The molecule has 1 aliphatic carbocycles. The molecule has 0 radical (unpaired) electrons. The summed E-state index contributed by atoms with van der Waals surface area (Å²) in [7, 11) is 0. The summed E-state index contributed by atoms with van der Waals surface area (Å²) >= 11 is 0. The average Bonchev–Trinajstić information content (AvgIpc) is 3.01. The van der Waals surface area contributed by atoms with Gasteiger partial charge in [0.1, 0.15) is 25.3 Å². The van der Waals surface area contributed by atoms with Crippen molar-refractivity contribution in [2.45, 2.75) is 97.2 Å². The van der Waals surface area contributed by atoms with Crippen LogP contribution in [0, 0.1) is 11.8 Å². The van der Waals surface area contributed by atoms with Crippen LogP contribution >= 0.6 is 0 Å². The summed E-state index contributed by atoms with van der Waals surface area (Å²) < 4.78 is 10.6. The van der Waals surface area contributed by atoms with Crippen LogP contribution in [0.1, 0.15) is 70.9 Å². The SMILES string of the molecule is CC(C)C[C@H](NC(=O)OCc1ccccc1)C(=O)N[C@H]1CCC[C@H](NC(=O)[C@H](CC(C)C)NC(=O)OCc2ccccc2)C1=O. The van der Waals surface area contributed by atoms with Gasteiger partial charge in [-0.15, -0.1) is 0 Å². The van der Waals surface area contributed by atoms with Crippen LogP contribution in [0.3, 0.4) is 0 Å². The predicted octanol–water partition coefficient (Wildman–Crippen LogP) is 4.39. The van der Waals surface area contributed by atoms with E-state index in [-0.39, 0.29) is 30.8 Å². The molecule has 0 aliphatic heterocycles. The Morgan fingerprint density at radius 2 is 1.04 bits per heavy atom. The van der Waals surface area contributed by atoms with E-state index in [0.717, 1.165) is 11.1 Å². The first-order chi connectivity index (χ1) is 21.5. The summed E-state index contributed by atoms with van der Waals surface area (Å²) in [5.74, 6) is -1.16. The fraction of sp³-hybridized carbons (Fsp3) is 0.500. The predicted molar refractivity (Wildman–Crippen MR) is 169 cm³/mol. The second-order valence-electron chi connectivity index (χ2n) is 12.2. The number of carbonyl (C=O) groups is 5. The van der Waals surface area contributed by atoms with Crippen molar-refractivity contribution >= 4 is 29.8 Å². The quantitative estimate of drug-likeness (QED) is 0.244. The van der Waals surface area contributed by atoms with Crippen molar-refractivity contribution in [2.75, 3.05) is 0 Å². The van der Waals surface area contributed by atoms with E-state index in [0.29, 0.717) is 32.1 Å². The fourth-order valence-corrected chi connectivity index (χ4v) is 5.10. The first-order valence-corrected chi connectivity index (χ1v) is 15.6. The molecular formula is C34H46N4O7. The first-order valence-electron chi connectivity index (χ1n) is 15.6. The normalized spacial score (nSPS) is 17.6. The number of alkyl carbamates (subject to hydrolysis) is 2. The molecule has 1 saturated carbocycles. The zero-order valence-electron chi connectivity index (χ0n) is 26.5. The van der Waals surface area contributed by atoms with E-state index in [1.54, 1.807) is 0 Å². The van der Waals surface area contributed by atoms with Gasteiger partial charge in [0.25, 0.3) is 0 Å². The number of nitrogens with one attached hydrogen (secondary N) is 4. The molecule has 2 aromatic rings. The van der Waals surface area contributed by atoms with E-state index < -0.39 is 48.2 Å². The monoisotopic (exact) mass is 622 g/mol. The Hall–Kier alpha value is -4.41. The molecule has 11 heteroatoms. The molecule has 3 rings (SSSR count). The van der Waals surface area contributed by atoms with Crippen LogP contribution in [0.5, 0.6) is 0 Å². The van der Waals surface area contributed by atoms with E-state index in [9.17, 15) is 24.0 Å². The van der Waals surface area contributed by atoms with Gasteiger partial charge in [-0.3, -0.25) is 14.4 Å². The minimum absolute atomic E-state index is 0.0581. The van der Waals surface area contributed by atoms with Gasteiger partial charge in [0.2, 0.25) is 11.8 Å². The van der Waals surface area contributed by atoms with Gasteiger partial charge >= 0.3 is 12.2 Å². The maximum Gasteiger partial charge on any atom is 0.408 e. The van der Waals surface area contributed by atoms with Gasteiger partial charge in [-0.25, -0.2) is 9.59 Å². The van der Waals surface area contributed by atoms with Gasteiger partial charge in [0.15, 0.2) is 5.78 Å². The number of hydrogen-bond donors (Lipinski definition) is 4. The Morgan fingerprint density at radius 3 is 1.40 bits per heavy atom. The lowest BCUT2D eigenvalue weighted by atomic mass is 9.88. The molecule has 2 aromatic carbocycles. The third-order valence-corrected chi connectivity index (χ3v) is 7.36. The molecule has 0 bridgehead atoms. The van der Waals surface area contributed by atoms with E-state index in [1.165, 1.54) is 0 Å². The molecule has 1 aliphatic rings. The minimum atomic E-state index is -0.905. The number of Topliss-reactive ketones (excluding diaryl/α,β-unsaturated/α-hetero) is 1. The van der Waals surface area contributed by atoms with Crippen molar-refractivity contribution in [3.8, 4) is 0 Å². The molecule has 45 heavy (non-hydrogen) atoms. The number of rotatable bonds is 14. The van der Waals surface area contributed by atoms with Crippen LogP contribution in [0.25, 0.3) is 0 Å². The smallest absolute Gasteiger partial charge is 0.408 e. The van der Waals surface area contributed by atoms with Crippen molar-refractivity contribution < 1.29 is 33.4 Å². The van der Waals surface area contributed by atoms with Crippen LogP contribution in [-0.4, -0.2) is 54.0 Å². The fourth-order valence-electron chi connectivity index (χ4n) is 5.10. The minimum Gasteiger partial charge on any atom is -0.445 e. The lowest BCUT2D eigenvalue weighted by Gasteiger charge is -2.31. The van der Waals surface area contributed by atoms with Gasteiger partial charge in [-0.05, 0) is 55.1 Å². The molecule has 0 saturated heterocycles. The van der Waals surface area contributed by atoms with Crippen LogP contribution in [-0.2, 0) is 37.1 Å². The zero-order valence-corrected chi connectivity index (χ0v) is 26.5. The van der Waals surface area contributed by atoms with Gasteiger partial charge in [0, 0.05) is 0 Å². The van der Waals surface area contributed by atoms with Gasteiger partial charge in [0.05, 0.1) is 12.1 Å². The maximum atomic E-state index is 13.4. The molecular weight excluding hydrogens is 576 g/mol. The van der Waals surface area contributed by atoms with E-state index in [4.69, 9.17) is 9.47 Å². The Labute approximate surface area is 265 Å². The Balaban J connectivity index is 1.56. The summed E-state index contributed by atoms with van der Waals surface area (Å²) in [5, 5.41) is 10.8. The van der Waals surface area contributed by atoms with E-state index in [1.807, 2.05) is 88.4 Å². The Morgan fingerprint density at radius 1 is 0.667 bits per heavy atom. The molecule has 1 fully saturated rings. The standard InChI is InChI=1S/C34H46N4O7/c1-22(2)18-28(37-33(42)44-20-24-12-7-5-8-13-24)31(40)35-26-16-11-17-27(30(26)39)36-32(41)29(19-23(3)4)38-34(43)45-21-25-14-9-6-10-15-25/h5-10,12-15,22-23,26-29H,11,16-21H2,1-4H3,(H,35,40)(H,36,41)(H,37,42)(H,38,43)/t26-,27-,28-,29-/m0/s1. The number of carbonyl (C=O) groups excluding carboxylic acids is 5. The average molecular weight is 623 g/mol. The maximum absolute atomic E-state index is 13.4. The molecule has 4 N–H and O–H groups in total. The first kappa shape index (κ1) is 35.1. The van der Waals surface area contributed by atoms with Crippen LogP contribution < -0.4 is 21.3 Å². The van der Waals surface area contributed by atoms with Crippen LogP contribution in [0.15, 0.2) is 60.7 Å². The van der Waals surface area contributed by atoms with Crippen molar-refractivity contribution in [1.82, 2.24) is 21.3 Å². The van der Waals surface area contributed by atoms with Gasteiger partial charge < -0.3 is 30.7 Å². The highest BCUT2D eigenvalue weighted by molar-refractivity contribution is 5.98. The summed E-state index contributed by atoms with van der Waals surface area (Å²) in [5.41, 5.74) is 1.63. The van der Waals surface area contributed by atoms with Crippen LogP contribution in [0.2, 0.25) is 0 Å². The molecule has 0 unspecified atom stereocenters. The molecule has 4 atom stereocenters. The molecule has 0 heterocycles. The third kappa shape index (κ3) is 12.2. The van der Waals surface area contributed by atoms with Crippen molar-refractivity contribution in [2.24, 2.45) is 11.8 Å². The second-order valence-corrected chi connectivity index (χ2v) is 12.2. The summed E-state index contributed by atoms with van der Waals surface area (Å²) in [6.45, 7) is 7.81.